The van der Waals surface area contributed by atoms with Crippen LogP contribution in [-0.4, -0.2) is 23.2 Å². The molecule has 0 saturated heterocycles. The lowest BCUT2D eigenvalue weighted by atomic mass is 10.3. The zero-order valence-electron chi connectivity index (χ0n) is 5.85. The van der Waals surface area contributed by atoms with Crippen LogP contribution in [0.15, 0.2) is 10.9 Å². The summed E-state index contributed by atoms with van der Waals surface area (Å²) in [5.41, 5.74) is 1.88. The van der Waals surface area contributed by atoms with E-state index in [1.54, 1.807) is 10.9 Å². The predicted octanol–water partition coefficient (Wildman–Crippen LogP) is 0.349. The minimum absolute atomic E-state index is 0.335. The summed E-state index contributed by atoms with van der Waals surface area (Å²) < 4.78 is 4.31. The molecule has 4 nitrogen and oxygen atoms in total. The van der Waals surface area contributed by atoms with Crippen molar-refractivity contribution in [2.45, 2.75) is 6.10 Å². The molecule has 0 bridgehead atoms. The highest BCUT2D eigenvalue weighted by molar-refractivity contribution is 7.07. The molecule has 0 aliphatic rings. The molecule has 0 amide bonds. The molecule has 1 atom stereocenters. The number of hydrogen-bond acceptors (Lipinski definition) is 5. The van der Waals surface area contributed by atoms with Crippen molar-refractivity contribution in [3.05, 3.63) is 16.6 Å². The normalized spacial score (nSPS) is 12.5. The molecular weight excluding hydrogens is 166 g/mol. The largest absolute Gasteiger partial charge is 0.467 e. The molecule has 1 aromatic rings. The Morgan fingerprint density at radius 3 is 3.09 bits per heavy atom. The van der Waals surface area contributed by atoms with E-state index in [9.17, 15) is 4.79 Å². The topological polar surface area (TPSA) is 59.4 Å². The molecule has 0 aliphatic carbocycles. The molecule has 1 unspecified atom stereocenters. The molecule has 1 rings (SSSR count). The predicted molar refractivity (Wildman–Crippen MR) is 39.1 cm³/mol. The van der Waals surface area contributed by atoms with Crippen LogP contribution in [0.2, 0.25) is 0 Å². The first kappa shape index (κ1) is 8.16. The van der Waals surface area contributed by atoms with Crippen LogP contribution in [0.5, 0.6) is 0 Å². The van der Waals surface area contributed by atoms with Gasteiger partial charge in [-0.25, -0.2) is 9.78 Å². The standard InChI is InChI=1S/C6H7NO3S/c1-10-6(9)5(8)4-2-11-3-7-4/h2-3,5,8H,1H3. The van der Waals surface area contributed by atoms with Crippen LogP contribution in [0.25, 0.3) is 0 Å². The third-order valence-corrected chi connectivity index (χ3v) is 1.76. The Morgan fingerprint density at radius 2 is 2.64 bits per heavy atom. The van der Waals surface area contributed by atoms with Gasteiger partial charge in [0.05, 0.1) is 18.3 Å². The average molecular weight is 173 g/mol. The summed E-state index contributed by atoms with van der Waals surface area (Å²) in [5, 5.41) is 10.7. The van der Waals surface area contributed by atoms with Crippen molar-refractivity contribution >= 4 is 17.3 Å². The highest BCUT2D eigenvalue weighted by Crippen LogP contribution is 2.13. The van der Waals surface area contributed by atoms with Crippen molar-refractivity contribution in [2.24, 2.45) is 0 Å². The number of methoxy groups -OCH3 is 1. The summed E-state index contributed by atoms with van der Waals surface area (Å²) in [5.74, 6) is -0.684. The van der Waals surface area contributed by atoms with Crippen LogP contribution in [0.1, 0.15) is 11.8 Å². The van der Waals surface area contributed by atoms with Crippen LogP contribution in [0.3, 0.4) is 0 Å². The molecular formula is C6H7NO3S. The van der Waals surface area contributed by atoms with Gasteiger partial charge in [0.25, 0.3) is 0 Å². The van der Waals surface area contributed by atoms with Crippen molar-refractivity contribution in [2.75, 3.05) is 7.11 Å². The van der Waals surface area contributed by atoms with Crippen molar-refractivity contribution in [1.29, 1.82) is 0 Å². The smallest absolute Gasteiger partial charge is 0.341 e. The Hall–Kier alpha value is -0.940. The second kappa shape index (κ2) is 3.45. The van der Waals surface area contributed by atoms with E-state index in [1.165, 1.54) is 18.4 Å². The molecule has 11 heavy (non-hydrogen) atoms. The van der Waals surface area contributed by atoms with Crippen LogP contribution < -0.4 is 0 Å². The molecule has 1 heterocycles. The second-order valence-corrected chi connectivity index (χ2v) is 2.56. The van der Waals surface area contributed by atoms with Gasteiger partial charge in [-0.3, -0.25) is 0 Å². The van der Waals surface area contributed by atoms with Crippen LogP contribution in [0.4, 0.5) is 0 Å². The number of ether oxygens (including phenoxy) is 1. The first-order valence-corrected chi connectivity index (χ1v) is 3.84. The minimum atomic E-state index is -1.24. The van der Waals surface area contributed by atoms with Crippen LogP contribution >= 0.6 is 11.3 Å². The highest BCUT2D eigenvalue weighted by atomic mass is 32.1. The van der Waals surface area contributed by atoms with E-state index in [-0.39, 0.29) is 0 Å². The van der Waals surface area contributed by atoms with Crippen molar-refractivity contribution in [1.82, 2.24) is 4.98 Å². The number of carbonyl (C=O) groups is 1. The Kier molecular flexibility index (Phi) is 2.56. The van der Waals surface area contributed by atoms with Gasteiger partial charge in [0.2, 0.25) is 0 Å². The summed E-state index contributed by atoms with van der Waals surface area (Å²) in [6.45, 7) is 0. The van der Waals surface area contributed by atoms with Gasteiger partial charge in [0.15, 0.2) is 6.10 Å². The first-order chi connectivity index (χ1) is 5.25. The minimum Gasteiger partial charge on any atom is -0.467 e. The van der Waals surface area contributed by atoms with Crippen molar-refractivity contribution < 1.29 is 14.6 Å². The van der Waals surface area contributed by atoms with Gasteiger partial charge in [0, 0.05) is 5.38 Å². The molecule has 5 heteroatoms. The number of aliphatic hydroxyl groups excluding tert-OH is 1. The van der Waals surface area contributed by atoms with E-state index in [1.807, 2.05) is 0 Å². The fourth-order valence-electron chi connectivity index (χ4n) is 0.589. The molecule has 0 aliphatic heterocycles. The van der Waals surface area contributed by atoms with E-state index < -0.39 is 12.1 Å². The molecule has 1 aromatic heterocycles. The fourth-order valence-corrected chi connectivity index (χ4v) is 1.16. The van der Waals surface area contributed by atoms with E-state index in [2.05, 4.69) is 9.72 Å². The van der Waals surface area contributed by atoms with Crippen molar-refractivity contribution in [3.8, 4) is 0 Å². The number of esters is 1. The van der Waals surface area contributed by atoms with Gasteiger partial charge in [-0.05, 0) is 0 Å². The van der Waals surface area contributed by atoms with Gasteiger partial charge < -0.3 is 9.84 Å². The lowest BCUT2D eigenvalue weighted by Crippen LogP contribution is -2.13. The quantitative estimate of drug-likeness (QED) is 0.655. The summed E-state index contributed by atoms with van der Waals surface area (Å²) >= 11 is 1.32. The lowest BCUT2D eigenvalue weighted by molar-refractivity contribution is -0.150. The van der Waals surface area contributed by atoms with E-state index in [4.69, 9.17) is 5.11 Å². The Labute approximate surface area is 67.5 Å². The SMILES string of the molecule is COC(=O)C(O)c1cscn1. The van der Waals surface area contributed by atoms with Crippen LogP contribution in [0, 0.1) is 0 Å². The average Bonchev–Trinajstić information content (AvgIpc) is 2.53. The van der Waals surface area contributed by atoms with Gasteiger partial charge in [-0.1, -0.05) is 0 Å². The summed E-state index contributed by atoms with van der Waals surface area (Å²) in [6, 6.07) is 0. The Bertz CT molecular complexity index is 234. The summed E-state index contributed by atoms with van der Waals surface area (Å²) in [6.07, 6.45) is -1.24. The number of rotatable bonds is 2. The molecule has 0 aromatic carbocycles. The summed E-state index contributed by atoms with van der Waals surface area (Å²) in [7, 11) is 1.22. The summed E-state index contributed by atoms with van der Waals surface area (Å²) in [4.78, 5) is 14.5. The van der Waals surface area contributed by atoms with Gasteiger partial charge in [-0.2, -0.15) is 0 Å². The molecule has 0 radical (unpaired) electrons. The molecule has 0 saturated carbocycles. The number of aromatic nitrogens is 1. The van der Waals surface area contributed by atoms with Gasteiger partial charge in [0.1, 0.15) is 0 Å². The Balaban J connectivity index is 2.70. The Morgan fingerprint density at radius 1 is 1.91 bits per heavy atom. The monoisotopic (exact) mass is 173 g/mol. The zero-order chi connectivity index (χ0) is 8.27. The van der Waals surface area contributed by atoms with Crippen LogP contribution in [-0.2, 0) is 9.53 Å². The van der Waals surface area contributed by atoms with Crippen molar-refractivity contribution in [3.63, 3.8) is 0 Å². The molecule has 60 valence electrons. The maximum atomic E-state index is 10.7. The van der Waals surface area contributed by atoms with E-state index in [0.717, 1.165) is 0 Å². The number of hydrogen-bond donors (Lipinski definition) is 1. The maximum Gasteiger partial charge on any atom is 0.341 e. The molecule has 0 spiro atoms. The third kappa shape index (κ3) is 1.75. The number of nitrogens with zero attached hydrogens (tertiary/aromatic N) is 1. The maximum absolute atomic E-state index is 10.7. The van der Waals surface area contributed by atoms with E-state index in [0.29, 0.717) is 5.69 Å². The third-order valence-electron chi connectivity index (χ3n) is 1.16. The number of thiazole rings is 1. The highest BCUT2D eigenvalue weighted by Gasteiger charge is 2.18. The number of carbonyl (C=O) groups excluding carboxylic acids is 1. The fraction of sp³-hybridized carbons (Fsp3) is 0.333. The second-order valence-electron chi connectivity index (χ2n) is 1.84. The lowest BCUT2D eigenvalue weighted by Gasteiger charge is -2.03. The number of aliphatic hydroxyl groups is 1. The van der Waals surface area contributed by atoms with E-state index >= 15 is 0 Å². The van der Waals surface area contributed by atoms with Gasteiger partial charge >= 0.3 is 5.97 Å². The molecule has 1 N–H and O–H groups in total. The zero-order valence-corrected chi connectivity index (χ0v) is 6.67. The molecule has 0 fully saturated rings. The first-order valence-electron chi connectivity index (χ1n) is 2.89. The van der Waals surface area contributed by atoms with Gasteiger partial charge in [-0.15, -0.1) is 11.3 Å².